The highest BCUT2D eigenvalue weighted by molar-refractivity contribution is 5.72. The zero-order chi connectivity index (χ0) is 9.44. The molecule has 0 aliphatic heterocycles. The first-order chi connectivity index (χ1) is 4.97. The number of carboxylic acid groups (broad SMARTS) is 1. The summed E-state index contributed by atoms with van der Waals surface area (Å²) >= 11 is 0. The van der Waals surface area contributed by atoms with Crippen LogP contribution in [0.15, 0.2) is 0 Å². The Morgan fingerprint density at radius 1 is 1.55 bits per heavy atom. The number of carbonyl (C=O) groups is 1. The summed E-state index contributed by atoms with van der Waals surface area (Å²) in [7, 11) is 3.47. The van der Waals surface area contributed by atoms with Crippen LogP contribution in [0.1, 0.15) is 6.92 Å². The first kappa shape index (κ1) is 12.9. The topological polar surface area (TPSA) is 105 Å². The summed E-state index contributed by atoms with van der Waals surface area (Å²) in [6, 6.07) is -0.380. The van der Waals surface area contributed by atoms with Crippen molar-refractivity contribution in [2.75, 3.05) is 14.1 Å². The van der Waals surface area contributed by atoms with Crippen molar-refractivity contribution in [1.29, 1.82) is 0 Å². The summed E-state index contributed by atoms with van der Waals surface area (Å²) < 4.78 is 0. The molecule has 0 radical (unpaired) electrons. The summed E-state index contributed by atoms with van der Waals surface area (Å²) in [5, 5.41) is 8.31. The lowest BCUT2D eigenvalue weighted by Gasteiger charge is -2.13. The van der Waals surface area contributed by atoms with Crippen LogP contribution in [0.4, 0.5) is 0 Å². The van der Waals surface area contributed by atoms with E-state index in [4.69, 9.17) is 5.11 Å². The third-order valence-corrected chi connectivity index (χ3v) is 1.13. The van der Waals surface area contributed by atoms with Gasteiger partial charge in [0, 0.05) is 0 Å². The highest BCUT2D eigenvalue weighted by Gasteiger charge is 2.11. The average molecular weight is 164 g/mol. The average Bonchev–Trinajstić information content (AvgIpc) is 1.87. The van der Waals surface area contributed by atoms with Crippen molar-refractivity contribution in [3.8, 4) is 0 Å². The number of aliphatic carboxylic acids is 1. The molecule has 68 valence electrons. The predicted molar refractivity (Wildman–Crippen MR) is 42.3 cm³/mol. The monoisotopic (exact) mass is 164 g/mol. The van der Waals surface area contributed by atoms with E-state index in [0.29, 0.717) is 0 Å². The molecule has 0 aromatic rings. The maximum atomic E-state index is 10.1. The minimum atomic E-state index is -0.782. The zero-order valence-corrected chi connectivity index (χ0v) is 7.03. The highest BCUT2D eigenvalue weighted by atomic mass is 16.4. The molecular weight excluding hydrogens is 148 g/mol. The molecule has 1 atom stereocenters. The summed E-state index contributed by atoms with van der Waals surface area (Å²) in [6.45, 7) is 1.64. The molecular formula is C5H16N4O2. The minimum absolute atomic E-state index is 0.380. The fourth-order valence-electron chi connectivity index (χ4n) is 0.221. The Balaban J connectivity index is 0. The fourth-order valence-corrected chi connectivity index (χ4v) is 0.221. The Morgan fingerprint density at radius 2 is 1.82 bits per heavy atom. The Labute approximate surface area is 66.1 Å². The van der Waals surface area contributed by atoms with E-state index in [1.807, 2.05) is 0 Å². The van der Waals surface area contributed by atoms with Crippen molar-refractivity contribution in [3.63, 3.8) is 0 Å². The molecule has 1 unspecified atom stereocenters. The second kappa shape index (κ2) is 7.42. The van der Waals surface area contributed by atoms with Crippen molar-refractivity contribution in [2.45, 2.75) is 13.0 Å². The maximum absolute atomic E-state index is 10.1. The van der Waals surface area contributed by atoms with Gasteiger partial charge in [0.2, 0.25) is 0 Å². The molecule has 0 aliphatic rings. The van der Waals surface area contributed by atoms with Gasteiger partial charge in [0.05, 0.1) is 0 Å². The first-order valence-corrected chi connectivity index (χ1v) is 3.02. The fraction of sp³-hybridized carbons (Fsp3) is 0.800. The van der Waals surface area contributed by atoms with Crippen LogP contribution >= 0.6 is 0 Å². The van der Waals surface area contributed by atoms with Gasteiger partial charge in [-0.05, 0) is 21.0 Å². The normalized spacial score (nSPS) is 11.8. The third-order valence-electron chi connectivity index (χ3n) is 1.13. The molecule has 0 aromatic carbocycles. The maximum Gasteiger partial charge on any atom is 0.320 e. The molecule has 0 saturated heterocycles. The molecule has 0 saturated carbocycles. The van der Waals surface area contributed by atoms with Crippen LogP contribution < -0.4 is 17.2 Å². The van der Waals surface area contributed by atoms with Gasteiger partial charge >= 0.3 is 5.97 Å². The third kappa shape index (κ3) is 9.31. The Bertz CT molecular complexity index is 107. The lowest BCUT2D eigenvalue weighted by atomic mass is 10.3. The summed E-state index contributed by atoms with van der Waals surface area (Å²) in [5.74, 6) is 7.97. The molecule has 6 N–H and O–H groups in total. The highest BCUT2D eigenvalue weighted by Crippen LogP contribution is 1.88. The van der Waals surface area contributed by atoms with Crippen molar-refractivity contribution in [3.05, 3.63) is 0 Å². The molecule has 0 heterocycles. The number of rotatable bonds is 2. The molecule has 0 spiro atoms. The van der Waals surface area contributed by atoms with Gasteiger partial charge in [-0.25, -0.2) is 0 Å². The van der Waals surface area contributed by atoms with Crippen LogP contribution in [0.3, 0.4) is 0 Å². The van der Waals surface area contributed by atoms with E-state index in [0.717, 1.165) is 0 Å². The summed E-state index contributed by atoms with van der Waals surface area (Å²) in [6.07, 6.45) is 0. The first-order valence-electron chi connectivity index (χ1n) is 3.02. The molecule has 0 bridgehead atoms. The van der Waals surface area contributed by atoms with Crippen LogP contribution in [-0.2, 0) is 4.79 Å². The minimum Gasteiger partial charge on any atom is -0.480 e. The quantitative estimate of drug-likeness (QED) is 0.288. The van der Waals surface area contributed by atoms with Crippen LogP contribution in [0, 0.1) is 0 Å². The number of hydrogen-bond donors (Lipinski definition) is 4. The summed E-state index contributed by atoms with van der Waals surface area (Å²) in [5.41, 5.74) is 1.75. The molecule has 6 heteroatoms. The smallest absolute Gasteiger partial charge is 0.320 e. The van der Waals surface area contributed by atoms with Crippen LogP contribution in [0.2, 0.25) is 0 Å². The van der Waals surface area contributed by atoms with E-state index in [1.165, 1.54) is 0 Å². The lowest BCUT2D eigenvalue weighted by Crippen LogP contribution is -2.32. The second-order valence-electron chi connectivity index (χ2n) is 2.14. The van der Waals surface area contributed by atoms with E-state index < -0.39 is 5.97 Å². The van der Waals surface area contributed by atoms with Gasteiger partial charge in [0.25, 0.3) is 0 Å². The van der Waals surface area contributed by atoms with Gasteiger partial charge in [-0.3, -0.25) is 21.4 Å². The standard InChI is InChI=1S/C5H11NO2.H5N3/c1-4(5(7)8)6(2)3;1-3-2/h4H,1-3H3,(H,7,8);3H,1-2H2. The van der Waals surface area contributed by atoms with Gasteiger partial charge in [-0.15, -0.1) is 0 Å². The number of nitrogens with two attached hydrogens (primary N) is 2. The van der Waals surface area contributed by atoms with Gasteiger partial charge in [-0.2, -0.15) is 5.53 Å². The molecule has 11 heavy (non-hydrogen) atoms. The molecule has 0 aromatic heterocycles. The SMILES string of the molecule is CC(C(=O)O)N(C)C.NNN. The van der Waals surface area contributed by atoms with E-state index >= 15 is 0 Å². The zero-order valence-electron chi connectivity index (χ0n) is 7.03. The number of likely N-dealkylation sites (N-methyl/N-ethyl adjacent to an activating group) is 1. The van der Waals surface area contributed by atoms with Gasteiger partial charge < -0.3 is 5.11 Å². The number of nitrogens with zero attached hydrogens (tertiary/aromatic N) is 1. The number of hydrogen-bond acceptors (Lipinski definition) is 5. The Kier molecular flexibility index (Phi) is 8.73. The van der Waals surface area contributed by atoms with E-state index in [1.54, 1.807) is 31.5 Å². The van der Waals surface area contributed by atoms with Crippen molar-refractivity contribution in [2.24, 2.45) is 11.7 Å². The van der Waals surface area contributed by atoms with Crippen molar-refractivity contribution < 1.29 is 9.90 Å². The van der Waals surface area contributed by atoms with Gasteiger partial charge in [0.15, 0.2) is 0 Å². The van der Waals surface area contributed by atoms with Gasteiger partial charge in [-0.1, -0.05) is 0 Å². The molecule has 6 nitrogen and oxygen atoms in total. The molecule has 0 aliphatic carbocycles. The van der Waals surface area contributed by atoms with Crippen molar-refractivity contribution in [1.82, 2.24) is 10.4 Å². The van der Waals surface area contributed by atoms with Gasteiger partial charge in [0.1, 0.15) is 6.04 Å². The molecule has 0 rings (SSSR count). The van der Waals surface area contributed by atoms with Crippen LogP contribution in [0.5, 0.6) is 0 Å². The van der Waals surface area contributed by atoms with Crippen molar-refractivity contribution >= 4 is 5.97 Å². The predicted octanol–water partition coefficient (Wildman–Crippen LogP) is -1.66. The Hall–Kier alpha value is -0.690. The van der Waals surface area contributed by atoms with Crippen LogP contribution in [0.25, 0.3) is 0 Å². The van der Waals surface area contributed by atoms with E-state index in [9.17, 15) is 4.79 Å². The molecule has 0 fully saturated rings. The number of hydrazine groups is 2. The lowest BCUT2D eigenvalue weighted by molar-refractivity contribution is -0.141. The van der Waals surface area contributed by atoms with Crippen LogP contribution in [-0.4, -0.2) is 36.1 Å². The second-order valence-corrected chi connectivity index (χ2v) is 2.14. The Morgan fingerprint density at radius 3 is 1.82 bits per heavy atom. The number of nitrogens with one attached hydrogen (secondary N) is 1. The van der Waals surface area contributed by atoms with E-state index in [-0.39, 0.29) is 6.04 Å². The largest absolute Gasteiger partial charge is 0.480 e. The molecule has 0 amide bonds. The van der Waals surface area contributed by atoms with E-state index in [2.05, 4.69) is 11.7 Å². The number of carboxylic acids is 1. The summed E-state index contributed by atoms with van der Waals surface area (Å²) in [4.78, 5) is 11.7.